The number of aliphatic hydroxyl groups is 1. The maximum atomic E-state index is 10.6. The molecule has 0 aromatic carbocycles. The van der Waals surface area contributed by atoms with Gasteiger partial charge in [0.15, 0.2) is 0 Å². The highest BCUT2D eigenvalue weighted by Gasteiger charge is 2.32. The van der Waals surface area contributed by atoms with Crippen molar-refractivity contribution >= 4 is 11.6 Å². The van der Waals surface area contributed by atoms with Gasteiger partial charge in [-0.2, -0.15) is 0 Å². The van der Waals surface area contributed by atoms with Gasteiger partial charge in [0.1, 0.15) is 18.0 Å². The molecule has 1 aromatic rings. The fourth-order valence-corrected chi connectivity index (χ4v) is 2.93. The molecule has 20 heavy (non-hydrogen) atoms. The van der Waals surface area contributed by atoms with E-state index in [2.05, 4.69) is 27.5 Å². The summed E-state index contributed by atoms with van der Waals surface area (Å²) < 4.78 is 0. The first kappa shape index (κ1) is 15.0. The normalized spacial score (nSPS) is 26.3. The summed E-state index contributed by atoms with van der Waals surface area (Å²) in [6.07, 6.45) is 6.76. The molecule has 0 atom stereocenters. The third-order valence-electron chi connectivity index (χ3n) is 4.52. The third-order valence-corrected chi connectivity index (χ3v) is 4.52. The lowest BCUT2D eigenvalue weighted by molar-refractivity contribution is 0.00222. The van der Waals surface area contributed by atoms with Crippen molar-refractivity contribution in [2.24, 2.45) is 5.92 Å². The number of hydrogen-bond donors (Lipinski definition) is 3. The fourth-order valence-electron chi connectivity index (χ4n) is 2.93. The van der Waals surface area contributed by atoms with Gasteiger partial charge in [0.2, 0.25) is 0 Å². The number of nitrogens with zero attached hydrogens (tertiary/aromatic N) is 2. The van der Waals surface area contributed by atoms with E-state index in [4.69, 9.17) is 0 Å². The lowest BCUT2D eigenvalue weighted by Gasteiger charge is -2.36. The predicted molar refractivity (Wildman–Crippen MR) is 82.0 cm³/mol. The Morgan fingerprint density at radius 3 is 2.55 bits per heavy atom. The van der Waals surface area contributed by atoms with Crippen LogP contribution in [0.4, 0.5) is 11.6 Å². The van der Waals surface area contributed by atoms with Crippen molar-refractivity contribution in [2.75, 3.05) is 24.2 Å². The summed E-state index contributed by atoms with van der Waals surface area (Å²) in [5, 5.41) is 17.0. The minimum Gasteiger partial charge on any atom is -0.388 e. The number of nitrogens with one attached hydrogen (secondary N) is 2. The molecule has 2 rings (SSSR count). The molecule has 1 fully saturated rings. The van der Waals surface area contributed by atoms with Crippen LogP contribution in [0.25, 0.3) is 0 Å². The molecule has 1 heterocycles. The van der Waals surface area contributed by atoms with Crippen LogP contribution in [0, 0.1) is 12.8 Å². The summed E-state index contributed by atoms with van der Waals surface area (Å²) in [5.41, 5.74) is 0.393. The van der Waals surface area contributed by atoms with E-state index in [-0.39, 0.29) is 0 Å². The van der Waals surface area contributed by atoms with Crippen molar-refractivity contribution in [3.05, 3.63) is 11.9 Å². The van der Waals surface area contributed by atoms with E-state index >= 15 is 0 Å². The fraction of sp³-hybridized carbons (Fsp3) is 0.733. The molecule has 0 unspecified atom stereocenters. The van der Waals surface area contributed by atoms with Crippen LogP contribution in [0.3, 0.4) is 0 Å². The highest BCUT2D eigenvalue weighted by molar-refractivity contribution is 5.56. The van der Waals surface area contributed by atoms with Crippen LogP contribution in [0.1, 0.15) is 44.6 Å². The molecule has 0 spiro atoms. The van der Waals surface area contributed by atoms with Gasteiger partial charge in [-0.3, -0.25) is 0 Å². The van der Waals surface area contributed by atoms with Gasteiger partial charge < -0.3 is 15.7 Å². The minimum absolute atomic E-state index is 0.560. The zero-order valence-corrected chi connectivity index (χ0v) is 12.7. The molecule has 0 amide bonds. The zero-order valence-electron chi connectivity index (χ0n) is 12.7. The Kier molecular flexibility index (Phi) is 4.81. The van der Waals surface area contributed by atoms with Gasteiger partial charge in [0, 0.05) is 19.2 Å². The predicted octanol–water partition coefficient (Wildman–Crippen LogP) is 2.57. The third kappa shape index (κ3) is 3.39. The van der Waals surface area contributed by atoms with E-state index in [1.54, 1.807) is 6.33 Å². The lowest BCUT2D eigenvalue weighted by atomic mass is 9.78. The average molecular weight is 278 g/mol. The molecule has 1 aromatic heterocycles. The number of anilines is 2. The topological polar surface area (TPSA) is 70.1 Å². The summed E-state index contributed by atoms with van der Waals surface area (Å²) >= 11 is 0. The summed E-state index contributed by atoms with van der Waals surface area (Å²) in [5.74, 6) is 2.41. The SMILES string of the molecule is CCC1CCC(O)(CNc2ncnc(NC)c2C)CC1. The van der Waals surface area contributed by atoms with Crippen molar-refractivity contribution in [3.8, 4) is 0 Å². The Labute approximate surface area is 121 Å². The summed E-state index contributed by atoms with van der Waals surface area (Å²) in [4.78, 5) is 8.43. The number of rotatable bonds is 5. The van der Waals surface area contributed by atoms with Gasteiger partial charge in [-0.1, -0.05) is 13.3 Å². The first-order chi connectivity index (χ1) is 9.58. The Hall–Kier alpha value is -1.36. The standard InChI is InChI=1S/C15H26N4O/c1-4-12-5-7-15(20,8-6-12)9-17-14-11(2)13(16-3)18-10-19-14/h10,12,20H,4-9H2,1-3H3,(H2,16,17,18,19). The molecule has 1 saturated carbocycles. The van der Waals surface area contributed by atoms with Crippen molar-refractivity contribution < 1.29 is 5.11 Å². The molecular formula is C15H26N4O. The Bertz CT molecular complexity index is 441. The molecule has 1 aliphatic rings. The first-order valence-corrected chi connectivity index (χ1v) is 7.53. The van der Waals surface area contributed by atoms with Crippen LogP contribution in [-0.2, 0) is 0 Å². The number of aromatic nitrogens is 2. The Balaban J connectivity index is 1.95. The monoisotopic (exact) mass is 278 g/mol. The van der Waals surface area contributed by atoms with Gasteiger partial charge in [0.25, 0.3) is 0 Å². The molecule has 0 bridgehead atoms. The summed E-state index contributed by atoms with van der Waals surface area (Å²) in [7, 11) is 1.85. The maximum Gasteiger partial charge on any atom is 0.134 e. The van der Waals surface area contributed by atoms with E-state index in [0.717, 1.165) is 48.8 Å². The van der Waals surface area contributed by atoms with E-state index in [9.17, 15) is 5.11 Å². The molecule has 0 saturated heterocycles. The smallest absolute Gasteiger partial charge is 0.134 e. The number of hydrogen-bond acceptors (Lipinski definition) is 5. The van der Waals surface area contributed by atoms with Crippen LogP contribution in [0.15, 0.2) is 6.33 Å². The second-order valence-corrected chi connectivity index (χ2v) is 5.88. The van der Waals surface area contributed by atoms with Crippen LogP contribution < -0.4 is 10.6 Å². The Morgan fingerprint density at radius 1 is 1.30 bits per heavy atom. The van der Waals surface area contributed by atoms with Gasteiger partial charge >= 0.3 is 0 Å². The van der Waals surface area contributed by atoms with Crippen LogP contribution >= 0.6 is 0 Å². The quantitative estimate of drug-likeness (QED) is 0.772. The second-order valence-electron chi connectivity index (χ2n) is 5.88. The molecule has 5 heteroatoms. The summed E-state index contributed by atoms with van der Waals surface area (Å²) in [6, 6.07) is 0. The average Bonchev–Trinajstić information content (AvgIpc) is 2.47. The van der Waals surface area contributed by atoms with Crippen molar-refractivity contribution in [1.29, 1.82) is 0 Å². The Morgan fingerprint density at radius 2 is 1.95 bits per heavy atom. The molecule has 0 aliphatic heterocycles. The van der Waals surface area contributed by atoms with Gasteiger partial charge in [-0.15, -0.1) is 0 Å². The molecule has 112 valence electrons. The molecule has 3 N–H and O–H groups in total. The molecule has 0 radical (unpaired) electrons. The second kappa shape index (κ2) is 6.39. The van der Waals surface area contributed by atoms with Gasteiger partial charge in [-0.25, -0.2) is 9.97 Å². The van der Waals surface area contributed by atoms with E-state index in [1.165, 1.54) is 6.42 Å². The minimum atomic E-state index is -0.594. The first-order valence-electron chi connectivity index (χ1n) is 7.53. The van der Waals surface area contributed by atoms with E-state index < -0.39 is 5.60 Å². The largest absolute Gasteiger partial charge is 0.388 e. The summed E-state index contributed by atoms with van der Waals surface area (Å²) in [6.45, 7) is 4.77. The van der Waals surface area contributed by atoms with Gasteiger partial charge in [0.05, 0.1) is 5.60 Å². The van der Waals surface area contributed by atoms with Crippen molar-refractivity contribution in [3.63, 3.8) is 0 Å². The van der Waals surface area contributed by atoms with Crippen LogP contribution in [0.2, 0.25) is 0 Å². The van der Waals surface area contributed by atoms with Gasteiger partial charge in [-0.05, 0) is 38.5 Å². The maximum absolute atomic E-state index is 10.6. The van der Waals surface area contributed by atoms with E-state index in [0.29, 0.717) is 6.54 Å². The lowest BCUT2D eigenvalue weighted by Crippen LogP contribution is -2.40. The molecule has 5 nitrogen and oxygen atoms in total. The highest BCUT2D eigenvalue weighted by Crippen LogP contribution is 2.34. The molecule has 1 aliphatic carbocycles. The zero-order chi connectivity index (χ0) is 14.6. The van der Waals surface area contributed by atoms with Crippen LogP contribution in [0.5, 0.6) is 0 Å². The van der Waals surface area contributed by atoms with Crippen LogP contribution in [-0.4, -0.2) is 34.3 Å². The van der Waals surface area contributed by atoms with E-state index in [1.807, 2.05) is 14.0 Å². The molecular weight excluding hydrogens is 252 g/mol. The highest BCUT2D eigenvalue weighted by atomic mass is 16.3. The van der Waals surface area contributed by atoms with Crippen molar-refractivity contribution in [1.82, 2.24) is 9.97 Å². The van der Waals surface area contributed by atoms with Crippen molar-refractivity contribution in [2.45, 2.75) is 51.6 Å².